The van der Waals surface area contributed by atoms with E-state index in [1.165, 1.54) is 17.5 Å². The quantitative estimate of drug-likeness (QED) is 0.0210. The number of aryl methyl sites for hydroxylation is 1. The number of rotatable bonds is 28. The van der Waals surface area contributed by atoms with Gasteiger partial charge < -0.3 is 38.0 Å². The molecule has 0 saturated carbocycles. The van der Waals surface area contributed by atoms with Crippen LogP contribution in [0.1, 0.15) is 122 Å². The van der Waals surface area contributed by atoms with Gasteiger partial charge in [-0.15, -0.1) is 0 Å². The summed E-state index contributed by atoms with van der Waals surface area (Å²) in [7, 11) is 1.55. The van der Waals surface area contributed by atoms with Crippen molar-refractivity contribution in [3.63, 3.8) is 0 Å². The summed E-state index contributed by atoms with van der Waals surface area (Å²) in [4.78, 5) is 53.5. The third-order valence-electron chi connectivity index (χ3n) is 15.7. The number of aromatic nitrogens is 4. The molecule has 6 aromatic carbocycles. The van der Waals surface area contributed by atoms with E-state index in [0.717, 1.165) is 33.4 Å². The molecule has 18 heteroatoms. The molecule has 1 amide bonds. The molecular weight excluding hydrogens is 1110 g/mol. The van der Waals surface area contributed by atoms with Crippen LogP contribution in [-0.2, 0) is 44.9 Å². The Labute approximate surface area is 503 Å². The van der Waals surface area contributed by atoms with Crippen molar-refractivity contribution in [2.45, 2.75) is 115 Å². The highest BCUT2D eigenvalue weighted by Crippen LogP contribution is 2.51. The topological polar surface area (TPSA) is 198 Å². The van der Waals surface area contributed by atoms with Crippen molar-refractivity contribution >= 4 is 43.2 Å². The number of Topliss-reactive ketones (excluding diaryl/α,β-unsaturated/α-hetero) is 1. The highest BCUT2D eigenvalue weighted by Gasteiger charge is 2.45. The van der Waals surface area contributed by atoms with Gasteiger partial charge in [-0.1, -0.05) is 115 Å². The van der Waals surface area contributed by atoms with Crippen LogP contribution in [-0.4, -0.2) is 100 Å². The molecular formula is C68H72N7O10P. The Balaban J connectivity index is 0.818. The predicted molar refractivity (Wildman–Crippen MR) is 328 cm³/mol. The first-order valence-corrected chi connectivity index (χ1v) is 30.3. The third-order valence-corrected chi connectivity index (χ3v) is 17.9. The van der Waals surface area contributed by atoms with Gasteiger partial charge in [0.05, 0.1) is 52.4 Å². The lowest BCUT2D eigenvalue weighted by Gasteiger charge is -2.39. The predicted octanol–water partition coefficient (Wildman–Crippen LogP) is 13.1. The molecule has 1 aliphatic carbocycles. The summed E-state index contributed by atoms with van der Waals surface area (Å²) in [5.74, 6) is 0.918. The zero-order valence-electron chi connectivity index (χ0n) is 49.3. The number of ketones is 1. The number of hydrogen-bond acceptors (Lipinski definition) is 15. The monoisotopic (exact) mass is 1180 g/mol. The maximum absolute atomic E-state index is 13.9. The Morgan fingerprint density at radius 2 is 1.36 bits per heavy atom. The molecule has 17 nitrogen and oxygen atoms in total. The fraction of sp³-hybridized carbons (Fsp3) is 0.338. The minimum absolute atomic E-state index is 0.0160. The fourth-order valence-electron chi connectivity index (χ4n) is 11.5. The van der Waals surface area contributed by atoms with Crippen molar-refractivity contribution in [3.05, 3.63) is 203 Å². The summed E-state index contributed by atoms with van der Waals surface area (Å²) in [5, 5.41) is 12.5. The van der Waals surface area contributed by atoms with Crippen LogP contribution in [0.4, 0.5) is 5.82 Å². The highest BCUT2D eigenvalue weighted by atomic mass is 31.2. The first-order chi connectivity index (χ1) is 41.9. The van der Waals surface area contributed by atoms with Gasteiger partial charge in [0.1, 0.15) is 48.1 Å². The third kappa shape index (κ3) is 13.7. The SMILES string of the molecule is COc1ccc(C(OC[C@H]2O[C@@H](n3cnc4c(NC(=O)c5ccc(CCC(=O)CCCC(=O)OCC6c7ccccc7-c7ccccc76)cc5)ncnc43)CC2OP(OCCC#N)N(C(C)C)C(C)C)(c2ccccc2)c2ccc(OC)cc2)cc1. The van der Waals surface area contributed by atoms with Gasteiger partial charge in [0.25, 0.3) is 14.4 Å². The lowest BCUT2D eigenvalue weighted by Crippen LogP contribution is -2.39. The van der Waals surface area contributed by atoms with E-state index < -0.39 is 38.5 Å². The number of ether oxygens (including phenoxy) is 5. The number of nitriles is 1. The zero-order chi connectivity index (χ0) is 60.2. The van der Waals surface area contributed by atoms with Crippen LogP contribution in [0.2, 0.25) is 0 Å². The highest BCUT2D eigenvalue weighted by molar-refractivity contribution is 7.44. The van der Waals surface area contributed by atoms with Crippen LogP contribution in [0.25, 0.3) is 22.3 Å². The summed E-state index contributed by atoms with van der Waals surface area (Å²) in [5.41, 5.74) is 8.12. The number of amides is 1. The number of nitrogens with zero attached hydrogens (tertiary/aromatic N) is 6. The van der Waals surface area contributed by atoms with Crippen LogP contribution in [0.5, 0.6) is 11.5 Å². The Morgan fingerprint density at radius 3 is 1.98 bits per heavy atom. The van der Waals surface area contributed by atoms with Crippen LogP contribution >= 0.6 is 8.53 Å². The lowest BCUT2D eigenvalue weighted by molar-refractivity contribution is -0.144. The molecule has 1 fully saturated rings. The second-order valence-electron chi connectivity index (χ2n) is 21.9. The van der Waals surface area contributed by atoms with E-state index in [0.29, 0.717) is 53.9 Å². The van der Waals surface area contributed by atoms with Gasteiger partial charge in [-0.3, -0.25) is 19.0 Å². The molecule has 4 atom stereocenters. The van der Waals surface area contributed by atoms with Crippen molar-refractivity contribution < 1.29 is 47.1 Å². The minimum Gasteiger partial charge on any atom is -0.497 e. The Hall–Kier alpha value is -8.20. The average Bonchev–Trinajstić information content (AvgIpc) is 2.60. The number of methoxy groups -OCH3 is 2. The van der Waals surface area contributed by atoms with E-state index in [2.05, 4.69) is 78.0 Å². The van der Waals surface area contributed by atoms with E-state index in [4.69, 9.17) is 37.7 Å². The van der Waals surface area contributed by atoms with E-state index in [1.54, 1.807) is 32.7 Å². The molecule has 1 aliphatic heterocycles. The molecule has 1 saturated heterocycles. The Bertz CT molecular complexity index is 3530. The fourth-order valence-corrected chi connectivity index (χ4v) is 13.3. The number of benzene rings is 6. The Kier molecular flexibility index (Phi) is 20.1. The van der Waals surface area contributed by atoms with Gasteiger partial charge in [-0.2, -0.15) is 5.26 Å². The van der Waals surface area contributed by atoms with Crippen molar-refractivity contribution in [3.8, 4) is 28.7 Å². The minimum atomic E-state index is -1.72. The summed E-state index contributed by atoms with van der Waals surface area (Å²) in [6.07, 6.45) is 3.19. The van der Waals surface area contributed by atoms with Gasteiger partial charge in [0.2, 0.25) is 0 Å². The van der Waals surface area contributed by atoms with Gasteiger partial charge in [-0.25, -0.2) is 19.6 Å². The lowest BCUT2D eigenvalue weighted by atomic mass is 9.80. The van der Waals surface area contributed by atoms with Gasteiger partial charge in [0, 0.05) is 49.2 Å². The van der Waals surface area contributed by atoms with Crippen LogP contribution < -0.4 is 14.8 Å². The van der Waals surface area contributed by atoms with Crippen molar-refractivity contribution in [1.29, 1.82) is 5.26 Å². The van der Waals surface area contributed by atoms with E-state index in [9.17, 15) is 19.6 Å². The molecule has 2 aliphatic rings. The second kappa shape index (κ2) is 28.3. The maximum atomic E-state index is 13.9. The number of esters is 1. The summed E-state index contributed by atoms with van der Waals surface area (Å²) in [6, 6.07) is 51.5. The average molecular weight is 1180 g/mol. The molecule has 1 N–H and O–H groups in total. The largest absolute Gasteiger partial charge is 0.497 e. The van der Waals surface area contributed by atoms with E-state index in [1.807, 2.05) is 120 Å². The zero-order valence-corrected chi connectivity index (χ0v) is 50.2. The molecule has 3 heterocycles. The standard InChI is InChI=1S/C68H72N7O10P/c1-45(2)75(46(3)4)86(83-39-15-38-69)85-60-40-62(84-61(60)42-82-68(49-16-8-7-9-17-49,50-29-34-53(79-5)35-30-50)51-31-36-54(80-6)37-32-51)74-44-72-64-65(70-43-71-66(64)74)73-67(78)48-27-24-47(25-28-48)26-33-52(76)18-14-23-63(77)81-41-59-57-21-12-10-19-55(57)56-20-11-13-22-58(56)59/h7-13,16-17,19-22,24-25,27-32,34-37,43-46,59-62H,14-15,18,23,26,33,39-42H2,1-6H3,(H,70,71,73,78)/t60?,61-,62-,86?/m1/s1. The molecule has 444 valence electrons. The molecule has 2 aromatic heterocycles. The van der Waals surface area contributed by atoms with Crippen LogP contribution in [0.3, 0.4) is 0 Å². The molecule has 0 spiro atoms. The maximum Gasteiger partial charge on any atom is 0.305 e. The summed E-state index contributed by atoms with van der Waals surface area (Å²) in [6.45, 7) is 8.85. The number of hydrogen-bond donors (Lipinski definition) is 1. The number of nitrogens with one attached hydrogen (secondary N) is 1. The molecule has 8 aromatic rings. The number of carbonyl (C=O) groups is 3. The van der Waals surface area contributed by atoms with E-state index in [-0.39, 0.29) is 74.7 Å². The number of anilines is 1. The Morgan fingerprint density at radius 1 is 0.744 bits per heavy atom. The first kappa shape index (κ1) is 60.9. The second-order valence-corrected chi connectivity index (χ2v) is 23.3. The molecule has 10 rings (SSSR count). The van der Waals surface area contributed by atoms with Gasteiger partial charge >= 0.3 is 5.97 Å². The number of carbonyl (C=O) groups excluding carboxylic acids is 3. The molecule has 86 heavy (non-hydrogen) atoms. The number of imidazole rings is 1. The summed E-state index contributed by atoms with van der Waals surface area (Å²) >= 11 is 0. The normalized spacial score (nSPS) is 16.0. The smallest absolute Gasteiger partial charge is 0.305 e. The van der Waals surface area contributed by atoms with Crippen LogP contribution in [0, 0.1) is 11.3 Å². The van der Waals surface area contributed by atoms with Crippen molar-refractivity contribution in [2.75, 3.05) is 39.4 Å². The molecule has 2 unspecified atom stereocenters. The van der Waals surface area contributed by atoms with Crippen LogP contribution in [0.15, 0.2) is 164 Å². The number of fused-ring (bicyclic) bond motifs is 4. The van der Waals surface area contributed by atoms with E-state index >= 15 is 0 Å². The van der Waals surface area contributed by atoms with Gasteiger partial charge in [-0.05, 0) is 121 Å². The summed E-state index contributed by atoms with van der Waals surface area (Å²) < 4.78 is 49.0. The molecule has 0 bridgehead atoms. The first-order valence-electron chi connectivity index (χ1n) is 29.2. The van der Waals surface area contributed by atoms with Gasteiger partial charge in [0.15, 0.2) is 17.0 Å². The molecule has 0 radical (unpaired) electrons. The van der Waals surface area contributed by atoms with Crippen molar-refractivity contribution in [1.82, 2.24) is 24.2 Å². The van der Waals surface area contributed by atoms with Crippen molar-refractivity contribution in [2.24, 2.45) is 0 Å².